The number of anilines is 2. The molecule has 0 unspecified atom stereocenters. The Balaban J connectivity index is 1.51. The van der Waals surface area contributed by atoms with Gasteiger partial charge in [-0.25, -0.2) is 9.97 Å². The number of aromatic nitrogens is 2. The second-order valence-corrected chi connectivity index (χ2v) is 5.96. The molecule has 0 aliphatic carbocycles. The zero-order valence-corrected chi connectivity index (χ0v) is 13.7. The molecule has 2 aromatic carbocycles. The van der Waals surface area contributed by atoms with E-state index in [9.17, 15) is 4.79 Å². The standard InChI is InChI=1S/C20H18N4O/c25-20(24-11-10-16-8-4-5-9-18(16)24)17-12-19(23-14-22-17)21-13-15-6-2-1-3-7-15/h1-9,12,14H,10-11,13H2,(H,21,22,23). The number of amides is 1. The van der Waals surface area contributed by atoms with E-state index in [-0.39, 0.29) is 5.91 Å². The SMILES string of the molecule is O=C(c1cc(NCc2ccccc2)ncn1)N1CCc2ccccc21. The summed E-state index contributed by atoms with van der Waals surface area (Å²) in [4.78, 5) is 23.0. The second kappa shape index (κ2) is 6.73. The van der Waals surface area contributed by atoms with Crippen LogP contribution in [-0.4, -0.2) is 22.4 Å². The van der Waals surface area contributed by atoms with Gasteiger partial charge >= 0.3 is 0 Å². The highest BCUT2D eigenvalue weighted by Crippen LogP contribution is 2.28. The first kappa shape index (κ1) is 15.3. The van der Waals surface area contributed by atoms with Crippen LogP contribution in [0.4, 0.5) is 11.5 Å². The van der Waals surface area contributed by atoms with Crippen LogP contribution in [0.1, 0.15) is 21.6 Å². The lowest BCUT2D eigenvalue weighted by molar-refractivity contribution is 0.0984. The highest BCUT2D eigenvalue weighted by Gasteiger charge is 2.26. The van der Waals surface area contributed by atoms with Crippen molar-refractivity contribution in [3.8, 4) is 0 Å². The van der Waals surface area contributed by atoms with E-state index in [4.69, 9.17) is 0 Å². The van der Waals surface area contributed by atoms with Crippen molar-refractivity contribution in [1.29, 1.82) is 0 Å². The number of nitrogens with one attached hydrogen (secondary N) is 1. The molecule has 0 saturated carbocycles. The van der Waals surface area contributed by atoms with Crippen molar-refractivity contribution >= 4 is 17.4 Å². The molecule has 124 valence electrons. The fourth-order valence-corrected chi connectivity index (χ4v) is 3.05. The normalized spacial score (nSPS) is 12.7. The van der Waals surface area contributed by atoms with Crippen LogP contribution in [0.2, 0.25) is 0 Å². The zero-order valence-electron chi connectivity index (χ0n) is 13.7. The predicted octanol–water partition coefficient (Wildman–Crippen LogP) is 3.29. The molecule has 25 heavy (non-hydrogen) atoms. The molecule has 4 rings (SSSR count). The molecule has 5 heteroatoms. The lowest BCUT2D eigenvalue weighted by atomic mass is 10.2. The molecule has 1 amide bonds. The van der Waals surface area contributed by atoms with Gasteiger partial charge in [0.05, 0.1) is 0 Å². The fraction of sp³-hybridized carbons (Fsp3) is 0.150. The van der Waals surface area contributed by atoms with Gasteiger partial charge in [-0.3, -0.25) is 4.79 Å². The van der Waals surface area contributed by atoms with Crippen LogP contribution in [0.15, 0.2) is 67.0 Å². The van der Waals surface area contributed by atoms with E-state index in [1.54, 1.807) is 11.0 Å². The van der Waals surface area contributed by atoms with Gasteiger partial charge in [0.15, 0.2) is 0 Å². The number of hydrogen-bond donors (Lipinski definition) is 1. The van der Waals surface area contributed by atoms with Crippen molar-refractivity contribution in [2.45, 2.75) is 13.0 Å². The van der Waals surface area contributed by atoms with Crippen LogP contribution in [0, 0.1) is 0 Å². The van der Waals surface area contributed by atoms with Gasteiger partial charge in [0, 0.05) is 24.8 Å². The van der Waals surface area contributed by atoms with E-state index in [2.05, 4.69) is 21.4 Å². The van der Waals surface area contributed by atoms with Crippen molar-refractivity contribution in [2.75, 3.05) is 16.8 Å². The van der Waals surface area contributed by atoms with Crippen molar-refractivity contribution in [2.24, 2.45) is 0 Å². The van der Waals surface area contributed by atoms with E-state index in [0.717, 1.165) is 17.7 Å². The summed E-state index contributed by atoms with van der Waals surface area (Å²) in [7, 11) is 0. The first-order valence-corrected chi connectivity index (χ1v) is 8.31. The minimum Gasteiger partial charge on any atom is -0.366 e. The van der Waals surface area contributed by atoms with Crippen LogP contribution in [0.5, 0.6) is 0 Å². The van der Waals surface area contributed by atoms with Crippen LogP contribution >= 0.6 is 0 Å². The van der Waals surface area contributed by atoms with E-state index in [0.29, 0.717) is 24.6 Å². The summed E-state index contributed by atoms with van der Waals surface area (Å²) >= 11 is 0. The topological polar surface area (TPSA) is 58.1 Å². The van der Waals surface area contributed by atoms with Gasteiger partial charge in [0.1, 0.15) is 17.8 Å². The molecular formula is C20H18N4O. The zero-order chi connectivity index (χ0) is 17.1. The largest absolute Gasteiger partial charge is 0.366 e. The molecule has 0 spiro atoms. The molecule has 0 bridgehead atoms. The summed E-state index contributed by atoms with van der Waals surface area (Å²) in [6, 6.07) is 19.8. The minimum absolute atomic E-state index is 0.0879. The van der Waals surface area contributed by atoms with E-state index in [1.165, 1.54) is 11.9 Å². The predicted molar refractivity (Wildman–Crippen MR) is 97.6 cm³/mol. The molecule has 0 atom stereocenters. The van der Waals surface area contributed by atoms with Crippen molar-refractivity contribution in [1.82, 2.24) is 9.97 Å². The molecule has 1 aliphatic heterocycles. The van der Waals surface area contributed by atoms with Gasteiger partial charge in [-0.2, -0.15) is 0 Å². The third kappa shape index (κ3) is 3.21. The molecular weight excluding hydrogens is 312 g/mol. The summed E-state index contributed by atoms with van der Waals surface area (Å²) in [5.74, 6) is 0.560. The Bertz CT molecular complexity index is 895. The number of benzene rings is 2. The highest BCUT2D eigenvalue weighted by molar-refractivity contribution is 6.06. The molecule has 5 nitrogen and oxygen atoms in total. The molecule has 0 fully saturated rings. The Morgan fingerprint density at radius 1 is 1.04 bits per heavy atom. The monoisotopic (exact) mass is 330 g/mol. The Hall–Kier alpha value is -3.21. The van der Waals surface area contributed by atoms with Crippen LogP contribution in [0.25, 0.3) is 0 Å². The average molecular weight is 330 g/mol. The molecule has 0 radical (unpaired) electrons. The first-order valence-electron chi connectivity index (χ1n) is 8.31. The maximum atomic E-state index is 12.8. The number of nitrogens with zero attached hydrogens (tertiary/aromatic N) is 3. The minimum atomic E-state index is -0.0879. The van der Waals surface area contributed by atoms with E-state index >= 15 is 0 Å². The quantitative estimate of drug-likeness (QED) is 0.797. The van der Waals surface area contributed by atoms with Gasteiger partial charge in [-0.15, -0.1) is 0 Å². The second-order valence-electron chi connectivity index (χ2n) is 5.96. The Labute approximate surface area is 146 Å². The Morgan fingerprint density at radius 3 is 2.72 bits per heavy atom. The van der Waals surface area contributed by atoms with Crippen LogP contribution in [0.3, 0.4) is 0 Å². The third-order valence-corrected chi connectivity index (χ3v) is 4.33. The first-order chi connectivity index (χ1) is 12.3. The number of carbonyl (C=O) groups is 1. The Kier molecular flexibility index (Phi) is 4.12. The third-order valence-electron chi connectivity index (χ3n) is 4.33. The van der Waals surface area contributed by atoms with Crippen molar-refractivity contribution < 1.29 is 4.79 Å². The van der Waals surface area contributed by atoms with Gasteiger partial charge in [0.25, 0.3) is 5.91 Å². The van der Waals surface area contributed by atoms with Crippen LogP contribution in [-0.2, 0) is 13.0 Å². The number of rotatable bonds is 4. The van der Waals surface area contributed by atoms with E-state index in [1.807, 2.05) is 48.5 Å². The molecule has 2 heterocycles. The smallest absolute Gasteiger partial charge is 0.277 e. The number of fused-ring (bicyclic) bond motifs is 1. The molecule has 1 N–H and O–H groups in total. The maximum Gasteiger partial charge on any atom is 0.277 e. The number of carbonyl (C=O) groups excluding carboxylic acids is 1. The van der Waals surface area contributed by atoms with Gasteiger partial charge < -0.3 is 10.2 Å². The summed E-state index contributed by atoms with van der Waals surface area (Å²) in [5, 5.41) is 3.24. The highest BCUT2D eigenvalue weighted by atomic mass is 16.2. The summed E-state index contributed by atoms with van der Waals surface area (Å²) < 4.78 is 0. The van der Waals surface area contributed by atoms with Crippen molar-refractivity contribution in [3.63, 3.8) is 0 Å². The van der Waals surface area contributed by atoms with Crippen LogP contribution < -0.4 is 10.2 Å². The lowest BCUT2D eigenvalue weighted by Crippen LogP contribution is -2.29. The summed E-state index contributed by atoms with van der Waals surface area (Å²) in [6.45, 7) is 1.34. The summed E-state index contributed by atoms with van der Waals surface area (Å²) in [6.07, 6.45) is 2.31. The maximum absolute atomic E-state index is 12.8. The molecule has 1 aromatic heterocycles. The van der Waals surface area contributed by atoms with Gasteiger partial charge in [-0.1, -0.05) is 48.5 Å². The van der Waals surface area contributed by atoms with Crippen molar-refractivity contribution in [3.05, 3.63) is 83.8 Å². The number of hydrogen-bond acceptors (Lipinski definition) is 4. The molecule has 1 aliphatic rings. The molecule has 3 aromatic rings. The average Bonchev–Trinajstić information content (AvgIpc) is 3.11. The lowest BCUT2D eigenvalue weighted by Gasteiger charge is -2.17. The molecule has 0 saturated heterocycles. The number of para-hydroxylation sites is 1. The Morgan fingerprint density at radius 2 is 1.84 bits per heavy atom. The fourth-order valence-electron chi connectivity index (χ4n) is 3.05. The van der Waals surface area contributed by atoms with E-state index < -0.39 is 0 Å². The van der Waals surface area contributed by atoms with Gasteiger partial charge in [-0.05, 0) is 23.6 Å². The summed E-state index contributed by atoms with van der Waals surface area (Å²) in [5.41, 5.74) is 3.74. The van der Waals surface area contributed by atoms with Gasteiger partial charge in [0.2, 0.25) is 0 Å².